The molecule has 5 nitrogen and oxygen atoms in total. The number of amides is 1. The number of rotatable bonds is 10. The summed E-state index contributed by atoms with van der Waals surface area (Å²) in [5, 5.41) is 10.7. The SMILES string of the molecule is O=C(CC12CC3CC(CC(C3)C1)C2)Nc1cccc2nc(NCCCN[CH]c3ccccc3F)ccc12. The number of carbonyl (C=O) groups excluding carboxylic acids is 1. The van der Waals surface area contributed by atoms with E-state index in [4.69, 9.17) is 4.98 Å². The summed E-state index contributed by atoms with van der Waals surface area (Å²) in [5.74, 6) is 3.29. The Morgan fingerprint density at radius 3 is 2.46 bits per heavy atom. The van der Waals surface area contributed by atoms with Crippen LogP contribution in [-0.2, 0) is 4.79 Å². The molecular weight excluding hydrogens is 463 g/mol. The minimum absolute atomic E-state index is 0.149. The third kappa shape index (κ3) is 5.49. The minimum Gasteiger partial charge on any atom is -0.370 e. The monoisotopic (exact) mass is 499 g/mol. The number of hydrogen-bond acceptors (Lipinski definition) is 4. The van der Waals surface area contributed by atoms with Gasteiger partial charge in [-0.3, -0.25) is 4.79 Å². The summed E-state index contributed by atoms with van der Waals surface area (Å²) in [5.41, 5.74) is 2.51. The van der Waals surface area contributed by atoms with E-state index in [9.17, 15) is 9.18 Å². The summed E-state index contributed by atoms with van der Waals surface area (Å²) in [7, 11) is 0. The first-order valence-corrected chi connectivity index (χ1v) is 13.8. The number of fused-ring (bicyclic) bond motifs is 1. The fraction of sp³-hybridized carbons (Fsp3) is 0.452. The molecule has 193 valence electrons. The first kappa shape index (κ1) is 24.4. The van der Waals surface area contributed by atoms with E-state index in [0.29, 0.717) is 12.0 Å². The topological polar surface area (TPSA) is 66.0 Å². The van der Waals surface area contributed by atoms with Gasteiger partial charge in [0.1, 0.15) is 11.6 Å². The Kier molecular flexibility index (Phi) is 6.85. The molecule has 3 N–H and O–H groups in total. The standard InChI is InChI=1S/C31H36FN4O/c32-26-6-2-1-5-24(26)20-33-11-4-12-34-29-10-9-25-27(35-29)7-3-8-28(25)36-30(37)19-31-16-21-13-22(17-31)15-23(14-21)18-31/h1-3,5-10,20-23,33H,4,11-19H2,(H,34,35)(H,36,37). The molecule has 1 amide bonds. The highest BCUT2D eigenvalue weighted by Gasteiger charge is 2.51. The molecule has 2 aromatic carbocycles. The zero-order valence-corrected chi connectivity index (χ0v) is 21.3. The summed E-state index contributed by atoms with van der Waals surface area (Å²) in [4.78, 5) is 17.9. The molecule has 7 rings (SSSR count). The Labute approximate surface area is 218 Å². The van der Waals surface area contributed by atoms with Crippen molar-refractivity contribution in [2.75, 3.05) is 23.7 Å². The van der Waals surface area contributed by atoms with Crippen LogP contribution in [0.25, 0.3) is 10.9 Å². The van der Waals surface area contributed by atoms with Crippen LogP contribution in [0.15, 0.2) is 54.6 Å². The number of halogens is 1. The van der Waals surface area contributed by atoms with Crippen molar-refractivity contribution in [3.05, 3.63) is 72.5 Å². The molecule has 6 heteroatoms. The van der Waals surface area contributed by atoms with Crippen LogP contribution in [0.5, 0.6) is 0 Å². The second kappa shape index (κ2) is 10.4. The molecular formula is C31H36FN4O. The van der Waals surface area contributed by atoms with Gasteiger partial charge in [-0.1, -0.05) is 24.3 Å². The largest absolute Gasteiger partial charge is 0.370 e. The molecule has 0 unspecified atom stereocenters. The molecule has 1 heterocycles. The van der Waals surface area contributed by atoms with E-state index in [0.717, 1.165) is 59.7 Å². The van der Waals surface area contributed by atoms with E-state index in [1.807, 2.05) is 36.4 Å². The van der Waals surface area contributed by atoms with Crippen LogP contribution in [0.3, 0.4) is 0 Å². The Morgan fingerprint density at radius 2 is 1.70 bits per heavy atom. The van der Waals surface area contributed by atoms with Crippen molar-refractivity contribution in [1.82, 2.24) is 10.3 Å². The molecule has 0 aliphatic heterocycles. The van der Waals surface area contributed by atoms with E-state index in [1.54, 1.807) is 18.7 Å². The fourth-order valence-electron chi connectivity index (χ4n) is 7.59. The average Bonchev–Trinajstić information content (AvgIpc) is 2.86. The lowest BCUT2D eigenvalue weighted by Crippen LogP contribution is -2.47. The molecule has 3 aromatic rings. The van der Waals surface area contributed by atoms with E-state index in [1.165, 1.54) is 44.6 Å². The highest BCUT2D eigenvalue weighted by molar-refractivity contribution is 6.01. The highest BCUT2D eigenvalue weighted by Crippen LogP contribution is 2.61. The Hall–Kier alpha value is -2.99. The summed E-state index contributed by atoms with van der Waals surface area (Å²) in [6, 6.07) is 16.6. The number of nitrogens with one attached hydrogen (secondary N) is 3. The molecule has 0 saturated heterocycles. The molecule has 0 spiro atoms. The molecule has 1 aromatic heterocycles. The lowest BCUT2D eigenvalue weighted by molar-refractivity contribution is -0.124. The predicted molar refractivity (Wildman–Crippen MR) is 147 cm³/mol. The van der Waals surface area contributed by atoms with Crippen LogP contribution in [0.1, 0.15) is 56.9 Å². The van der Waals surface area contributed by atoms with Crippen LogP contribution < -0.4 is 16.0 Å². The van der Waals surface area contributed by atoms with Gasteiger partial charge in [0.2, 0.25) is 5.91 Å². The number of pyridine rings is 1. The number of nitrogens with zero attached hydrogens (tertiary/aromatic N) is 1. The van der Waals surface area contributed by atoms with Crippen LogP contribution >= 0.6 is 0 Å². The second-order valence-electron chi connectivity index (χ2n) is 11.6. The van der Waals surface area contributed by atoms with Crippen LogP contribution in [-0.4, -0.2) is 24.0 Å². The lowest BCUT2D eigenvalue weighted by atomic mass is 9.49. The molecule has 4 aliphatic carbocycles. The van der Waals surface area contributed by atoms with Crippen molar-refractivity contribution in [3.8, 4) is 0 Å². The summed E-state index contributed by atoms with van der Waals surface area (Å²) < 4.78 is 13.7. The number of benzene rings is 2. The van der Waals surface area contributed by atoms with E-state index >= 15 is 0 Å². The first-order valence-electron chi connectivity index (χ1n) is 13.8. The number of aromatic nitrogens is 1. The number of carbonyl (C=O) groups is 1. The average molecular weight is 500 g/mol. The van der Waals surface area contributed by atoms with Crippen molar-refractivity contribution < 1.29 is 9.18 Å². The maximum atomic E-state index is 13.7. The van der Waals surface area contributed by atoms with Gasteiger partial charge in [0.25, 0.3) is 0 Å². The maximum Gasteiger partial charge on any atom is 0.224 e. The molecule has 4 aliphatic rings. The van der Waals surface area contributed by atoms with Crippen LogP contribution in [0, 0.1) is 35.5 Å². The Bertz CT molecular complexity index is 1240. The van der Waals surface area contributed by atoms with Gasteiger partial charge in [-0.15, -0.1) is 0 Å². The van der Waals surface area contributed by atoms with Crippen molar-refractivity contribution in [2.24, 2.45) is 23.2 Å². The number of anilines is 2. The molecule has 1 radical (unpaired) electrons. The van der Waals surface area contributed by atoms with E-state index in [2.05, 4.69) is 16.0 Å². The van der Waals surface area contributed by atoms with Gasteiger partial charge in [-0.25, -0.2) is 9.37 Å². The van der Waals surface area contributed by atoms with Gasteiger partial charge >= 0.3 is 0 Å². The molecule has 4 fully saturated rings. The molecule has 4 saturated carbocycles. The summed E-state index contributed by atoms with van der Waals surface area (Å²) in [6.45, 7) is 3.19. The smallest absolute Gasteiger partial charge is 0.224 e. The minimum atomic E-state index is -0.225. The van der Waals surface area contributed by atoms with Crippen LogP contribution in [0.2, 0.25) is 0 Å². The zero-order chi connectivity index (χ0) is 25.2. The normalized spacial score (nSPS) is 25.9. The van der Waals surface area contributed by atoms with Gasteiger partial charge in [-0.05, 0) is 105 Å². The second-order valence-corrected chi connectivity index (χ2v) is 11.6. The molecule has 37 heavy (non-hydrogen) atoms. The van der Waals surface area contributed by atoms with Gasteiger partial charge in [0, 0.05) is 23.9 Å². The third-order valence-corrected chi connectivity index (χ3v) is 8.67. The van der Waals surface area contributed by atoms with Gasteiger partial charge in [0.05, 0.1) is 17.7 Å². The fourth-order valence-corrected chi connectivity index (χ4v) is 7.59. The van der Waals surface area contributed by atoms with Gasteiger partial charge in [0.15, 0.2) is 0 Å². The first-order chi connectivity index (χ1) is 18.1. The summed E-state index contributed by atoms with van der Waals surface area (Å²) >= 11 is 0. The molecule has 4 bridgehead atoms. The number of hydrogen-bond donors (Lipinski definition) is 3. The van der Waals surface area contributed by atoms with Crippen molar-refractivity contribution >= 4 is 28.3 Å². The third-order valence-electron chi connectivity index (χ3n) is 8.67. The maximum absolute atomic E-state index is 13.7. The van der Waals surface area contributed by atoms with Crippen molar-refractivity contribution in [2.45, 2.75) is 51.4 Å². The van der Waals surface area contributed by atoms with Crippen LogP contribution in [0.4, 0.5) is 15.9 Å². The Balaban J connectivity index is 1.01. The van der Waals surface area contributed by atoms with Gasteiger partial charge < -0.3 is 16.0 Å². The Morgan fingerprint density at radius 1 is 0.946 bits per heavy atom. The highest BCUT2D eigenvalue weighted by atomic mass is 19.1. The summed E-state index contributed by atoms with van der Waals surface area (Å²) in [6.07, 6.45) is 9.45. The van der Waals surface area contributed by atoms with Crippen molar-refractivity contribution in [3.63, 3.8) is 0 Å². The lowest BCUT2D eigenvalue weighted by Gasteiger charge is -2.56. The van der Waals surface area contributed by atoms with E-state index < -0.39 is 0 Å². The molecule has 0 atom stereocenters. The van der Waals surface area contributed by atoms with Gasteiger partial charge in [-0.2, -0.15) is 0 Å². The van der Waals surface area contributed by atoms with Crippen molar-refractivity contribution in [1.29, 1.82) is 0 Å². The van der Waals surface area contributed by atoms with E-state index in [-0.39, 0.29) is 17.1 Å². The predicted octanol–water partition coefficient (Wildman–Crippen LogP) is 6.52. The zero-order valence-electron chi connectivity index (χ0n) is 21.3. The quantitative estimate of drug-likeness (QED) is 0.278.